The molecule has 0 atom stereocenters. The number of alkyl halides is 3. The molecule has 0 aliphatic rings. The van der Waals surface area contributed by atoms with Gasteiger partial charge in [0.1, 0.15) is 11.6 Å². The number of ether oxygens (including phenoxy) is 2. The molecule has 0 fully saturated rings. The Kier molecular flexibility index (Phi) is 3.93. The van der Waals surface area contributed by atoms with Crippen molar-refractivity contribution >= 4 is 5.97 Å². The van der Waals surface area contributed by atoms with Gasteiger partial charge in [-0.05, 0) is 19.1 Å². The van der Waals surface area contributed by atoms with E-state index in [2.05, 4.69) is 9.47 Å². The highest BCUT2D eigenvalue weighted by Crippen LogP contribution is 2.24. The lowest BCUT2D eigenvalue weighted by atomic mass is 10.2. The van der Waals surface area contributed by atoms with E-state index in [9.17, 15) is 22.4 Å². The van der Waals surface area contributed by atoms with Crippen LogP contribution in [0.5, 0.6) is 5.75 Å². The van der Waals surface area contributed by atoms with Gasteiger partial charge in [0.25, 0.3) is 0 Å². The van der Waals surface area contributed by atoms with Gasteiger partial charge < -0.3 is 9.47 Å². The molecule has 0 N–H and O–H groups in total. The molecule has 0 bridgehead atoms. The van der Waals surface area contributed by atoms with Crippen molar-refractivity contribution in [2.24, 2.45) is 0 Å². The standard InChI is InChI=1S/C10H8F4O3/c1-2-16-9(15)7-4-3-6(5-8(7)11)17-10(12,13)14/h3-5H,2H2,1H3. The minimum absolute atomic E-state index is 0.0407. The first kappa shape index (κ1) is 13.3. The lowest BCUT2D eigenvalue weighted by Crippen LogP contribution is -2.17. The summed E-state index contributed by atoms with van der Waals surface area (Å²) >= 11 is 0. The van der Waals surface area contributed by atoms with E-state index in [0.29, 0.717) is 6.07 Å². The molecule has 0 aliphatic carbocycles. The molecule has 0 spiro atoms. The maximum Gasteiger partial charge on any atom is 0.573 e. The zero-order valence-corrected chi connectivity index (χ0v) is 8.68. The van der Waals surface area contributed by atoms with Crippen molar-refractivity contribution in [1.29, 1.82) is 0 Å². The molecule has 3 nitrogen and oxygen atoms in total. The van der Waals surface area contributed by atoms with Gasteiger partial charge in [-0.2, -0.15) is 0 Å². The van der Waals surface area contributed by atoms with Crippen LogP contribution in [0.1, 0.15) is 17.3 Å². The van der Waals surface area contributed by atoms with Crippen LogP contribution in [0.2, 0.25) is 0 Å². The van der Waals surface area contributed by atoms with Crippen molar-refractivity contribution in [3.63, 3.8) is 0 Å². The molecule has 0 aromatic heterocycles. The molecule has 1 aromatic rings. The van der Waals surface area contributed by atoms with E-state index < -0.39 is 29.5 Å². The number of rotatable bonds is 3. The third-order valence-corrected chi connectivity index (χ3v) is 1.67. The van der Waals surface area contributed by atoms with Crippen molar-refractivity contribution in [1.82, 2.24) is 0 Å². The molecule has 7 heteroatoms. The molecule has 1 aromatic carbocycles. The van der Waals surface area contributed by atoms with Crippen LogP contribution in [0.25, 0.3) is 0 Å². The van der Waals surface area contributed by atoms with Gasteiger partial charge in [0, 0.05) is 6.07 Å². The minimum Gasteiger partial charge on any atom is -0.462 e. The Labute approximate surface area is 93.9 Å². The fraction of sp³-hybridized carbons (Fsp3) is 0.300. The van der Waals surface area contributed by atoms with Gasteiger partial charge >= 0.3 is 12.3 Å². The molecule has 1 rings (SSSR count). The van der Waals surface area contributed by atoms with Crippen LogP contribution in [0.4, 0.5) is 17.6 Å². The zero-order valence-electron chi connectivity index (χ0n) is 8.68. The molecular formula is C10H8F4O3. The summed E-state index contributed by atoms with van der Waals surface area (Å²) in [5.74, 6) is -2.81. The molecular weight excluding hydrogens is 244 g/mol. The Morgan fingerprint density at radius 1 is 1.35 bits per heavy atom. The molecule has 0 unspecified atom stereocenters. The minimum atomic E-state index is -4.90. The molecule has 17 heavy (non-hydrogen) atoms. The van der Waals surface area contributed by atoms with E-state index in [0.717, 1.165) is 12.1 Å². The van der Waals surface area contributed by atoms with Gasteiger partial charge in [0.15, 0.2) is 0 Å². The van der Waals surface area contributed by atoms with Gasteiger partial charge in [-0.15, -0.1) is 13.2 Å². The first-order chi connectivity index (χ1) is 7.83. The second-order valence-electron chi connectivity index (χ2n) is 2.91. The summed E-state index contributed by atoms with van der Waals surface area (Å²) in [4.78, 5) is 11.1. The maximum absolute atomic E-state index is 13.3. The highest BCUT2D eigenvalue weighted by Gasteiger charge is 2.31. The number of hydrogen-bond donors (Lipinski definition) is 0. The fourth-order valence-electron chi connectivity index (χ4n) is 1.07. The van der Waals surface area contributed by atoms with E-state index in [1.807, 2.05) is 0 Å². The number of esters is 1. The van der Waals surface area contributed by atoms with Crippen LogP contribution >= 0.6 is 0 Å². The normalized spacial score (nSPS) is 11.1. The molecule has 0 aliphatic heterocycles. The second kappa shape index (κ2) is 5.03. The molecule has 0 saturated heterocycles. The first-order valence-corrected chi connectivity index (χ1v) is 4.56. The Hall–Kier alpha value is -1.79. The van der Waals surface area contributed by atoms with Crippen LogP contribution in [-0.2, 0) is 4.74 Å². The van der Waals surface area contributed by atoms with Gasteiger partial charge in [0.05, 0.1) is 12.2 Å². The number of hydrogen-bond acceptors (Lipinski definition) is 3. The number of benzene rings is 1. The summed E-state index contributed by atoms with van der Waals surface area (Å²) in [5.41, 5.74) is -0.443. The predicted molar refractivity (Wildman–Crippen MR) is 49.0 cm³/mol. The van der Waals surface area contributed by atoms with Gasteiger partial charge in [0.2, 0.25) is 0 Å². The zero-order chi connectivity index (χ0) is 13.1. The van der Waals surface area contributed by atoms with Crippen molar-refractivity contribution < 1.29 is 31.8 Å². The van der Waals surface area contributed by atoms with Crippen LogP contribution in [-0.4, -0.2) is 18.9 Å². The van der Waals surface area contributed by atoms with Gasteiger partial charge in [-0.1, -0.05) is 0 Å². The molecule has 0 heterocycles. The van der Waals surface area contributed by atoms with Crippen molar-refractivity contribution in [2.75, 3.05) is 6.61 Å². The molecule has 0 amide bonds. The second-order valence-corrected chi connectivity index (χ2v) is 2.91. The van der Waals surface area contributed by atoms with E-state index in [1.54, 1.807) is 0 Å². The van der Waals surface area contributed by atoms with E-state index in [-0.39, 0.29) is 6.61 Å². The number of carbonyl (C=O) groups excluding carboxylic acids is 1. The van der Waals surface area contributed by atoms with Crippen LogP contribution < -0.4 is 4.74 Å². The highest BCUT2D eigenvalue weighted by molar-refractivity contribution is 5.89. The van der Waals surface area contributed by atoms with Crippen molar-refractivity contribution in [3.05, 3.63) is 29.6 Å². The Bertz CT molecular complexity index is 415. The molecule has 0 radical (unpaired) electrons. The van der Waals surface area contributed by atoms with Gasteiger partial charge in [-0.25, -0.2) is 9.18 Å². The molecule has 94 valence electrons. The van der Waals surface area contributed by atoms with Crippen LogP contribution in [0.15, 0.2) is 18.2 Å². The van der Waals surface area contributed by atoms with Crippen LogP contribution in [0, 0.1) is 5.82 Å². The van der Waals surface area contributed by atoms with E-state index in [1.165, 1.54) is 6.92 Å². The predicted octanol–water partition coefficient (Wildman–Crippen LogP) is 2.90. The number of halogens is 4. The van der Waals surface area contributed by atoms with Crippen molar-refractivity contribution in [2.45, 2.75) is 13.3 Å². The first-order valence-electron chi connectivity index (χ1n) is 4.56. The summed E-state index contributed by atoms with van der Waals surface area (Å²) < 4.78 is 56.7. The highest BCUT2D eigenvalue weighted by atomic mass is 19.4. The Balaban J connectivity index is 2.90. The lowest BCUT2D eigenvalue weighted by molar-refractivity contribution is -0.274. The Morgan fingerprint density at radius 2 is 2.00 bits per heavy atom. The van der Waals surface area contributed by atoms with Crippen LogP contribution in [0.3, 0.4) is 0 Å². The smallest absolute Gasteiger partial charge is 0.462 e. The third-order valence-electron chi connectivity index (χ3n) is 1.67. The molecule has 0 saturated carbocycles. The largest absolute Gasteiger partial charge is 0.573 e. The van der Waals surface area contributed by atoms with E-state index in [4.69, 9.17) is 0 Å². The average Bonchev–Trinajstić information content (AvgIpc) is 2.15. The summed E-state index contributed by atoms with van der Waals surface area (Å²) in [5, 5.41) is 0. The maximum atomic E-state index is 13.3. The lowest BCUT2D eigenvalue weighted by Gasteiger charge is -2.09. The SMILES string of the molecule is CCOC(=O)c1ccc(OC(F)(F)F)cc1F. The summed E-state index contributed by atoms with van der Waals surface area (Å²) in [7, 11) is 0. The fourth-order valence-corrected chi connectivity index (χ4v) is 1.07. The van der Waals surface area contributed by atoms with Crippen molar-refractivity contribution in [3.8, 4) is 5.75 Å². The summed E-state index contributed by atoms with van der Waals surface area (Å²) in [6, 6.07) is 2.18. The summed E-state index contributed by atoms with van der Waals surface area (Å²) in [6.07, 6.45) is -4.90. The average molecular weight is 252 g/mol. The quantitative estimate of drug-likeness (QED) is 0.613. The summed E-state index contributed by atoms with van der Waals surface area (Å²) in [6.45, 7) is 1.57. The van der Waals surface area contributed by atoms with Gasteiger partial charge in [-0.3, -0.25) is 0 Å². The topological polar surface area (TPSA) is 35.5 Å². The Morgan fingerprint density at radius 3 is 2.47 bits per heavy atom. The number of carbonyl (C=O) groups is 1. The third kappa shape index (κ3) is 3.93. The monoisotopic (exact) mass is 252 g/mol. The van der Waals surface area contributed by atoms with E-state index >= 15 is 0 Å².